The predicted octanol–water partition coefficient (Wildman–Crippen LogP) is 2.22. The van der Waals surface area contributed by atoms with Gasteiger partial charge in [-0.3, -0.25) is 4.79 Å². The van der Waals surface area contributed by atoms with Gasteiger partial charge in [0.05, 0.1) is 25.4 Å². The number of aliphatic hydroxyl groups is 1. The average Bonchev–Trinajstić information content (AvgIpc) is 2.37. The number of carbonyl (C=O) groups is 1. The molecule has 4 nitrogen and oxygen atoms in total. The number of ether oxygens (including phenoxy) is 1. The van der Waals surface area contributed by atoms with Crippen molar-refractivity contribution < 1.29 is 14.6 Å². The zero-order valence-electron chi connectivity index (χ0n) is 10.5. The smallest absolute Gasteiger partial charge is 0.254 e. The molecule has 0 radical (unpaired) electrons. The van der Waals surface area contributed by atoms with E-state index < -0.39 is 0 Å². The largest absolute Gasteiger partial charge is 0.394 e. The molecule has 1 amide bonds. The molecule has 1 aliphatic heterocycles. The second-order valence-corrected chi connectivity index (χ2v) is 5.48. The molecule has 19 heavy (non-hydrogen) atoms. The highest BCUT2D eigenvalue weighted by Gasteiger charge is 2.30. The summed E-state index contributed by atoms with van der Waals surface area (Å²) in [5.74, 6) is -0.154. The van der Waals surface area contributed by atoms with Gasteiger partial charge < -0.3 is 14.7 Å². The van der Waals surface area contributed by atoms with Crippen LogP contribution < -0.4 is 0 Å². The molecule has 0 bridgehead atoms. The fourth-order valence-electron chi connectivity index (χ4n) is 2.05. The molecule has 1 heterocycles. The molecule has 2 rings (SSSR count). The molecule has 1 fully saturated rings. The van der Waals surface area contributed by atoms with Crippen molar-refractivity contribution in [2.45, 2.75) is 19.1 Å². The quantitative estimate of drug-likeness (QED) is 0.911. The zero-order chi connectivity index (χ0) is 14.0. The first-order valence-electron chi connectivity index (χ1n) is 6.00. The van der Waals surface area contributed by atoms with Gasteiger partial charge in [0.1, 0.15) is 0 Å². The lowest BCUT2D eigenvalue weighted by atomic mass is 10.1. The fraction of sp³-hybridized carbons (Fsp3) is 0.462. The summed E-state index contributed by atoms with van der Waals surface area (Å²) in [5, 5.41) is 9.98. The molecule has 2 atom stereocenters. The van der Waals surface area contributed by atoms with E-state index in [1.807, 2.05) is 6.92 Å². The van der Waals surface area contributed by atoms with E-state index in [9.17, 15) is 4.79 Å². The van der Waals surface area contributed by atoms with Crippen LogP contribution in [-0.2, 0) is 4.74 Å². The molecule has 1 aromatic rings. The monoisotopic (exact) mass is 303 g/mol. The van der Waals surface area contributed by atoms with E-state index in [-0.39, 0.29) is 24.7 Å². The molecule has 0 aliphatic carbocycles. The number of nitrogens with zero attached hydrogens (tertiary/aromatic N) is 1. The number of aliphatic hydroxyl groups excluding tert-OH is 1. The highest BCUT2D eigenvalue weighted by molar-refractivity contribution is 6.35. The minimum atomic E-state index is -0.338. The van der Waals surface area contributed by atoms with Gasteiger partial charge in [-0.05, 0) is 25.1 Å². The van der Waals surface area contributed by atoms with Crippen LogP contribution in [0.3, 0.4) is 0 Å². The van der Waals surface area contributed by atoms with E-state index in [0.717, 1.165) is 0 Å². The third kappa shape index (κ3) is 3.39. The average molecular weight is 304 g/mol. The Morgan fingerprint density at radius 2 is 2.05 bits per heavy atom. The van der Waals surface area contributed by atoms with E-state index in [0.29, 0.717) is 28.8 Å². The van der Waals surface area contributed by atoms with E-state index in [1.165, 1.54) is 0 Å². The molecule has 104 valence electrons. The molecule has 1 N–H and O–H groups in total. The molecular weight excluding hydrogens is 289 g/mol. The Bertz CT molecular complexity index is 461. The summed E-state index contributed by atoms with van der Waals surface area (Å²) in [6, 6.07) is 4.71. The lowest BCUT2D eigenvalue weighted by molar-refractivity contribution is -0.0667. The van der Waals surface area contributed by atoms with Crippen LogP contribution in [0.5, 0.6) is 0 Å². The lowest BCUT2D eigenvalue weighted by Gasteiger charge is -2.37. The standard InChI is InChI=1S/C13H15Cl2NO3/c1-8-7-19-12(6-17)5-16(8)13(18)9-2-10(14)4-11(15)3-9/h2-4,8,12,17H,5-7H2,1H3. The number of hydrogen-bond acceptors (Lipinski definition) is 3. The Balaban J connectivity index is 2.21. The lowest BCUT2D eigenvalue weighted by Crippen LogP contribution is -2.52. The molecule has 6 heteroatoms. The second kappa shape index (κ2) is 6.09. The van der Waals surface area contributed by atoms with Crippen molar-refractivity contribution >= 4 is 29.1 Å². The summed E-state index contributed by atoms with van der Waals surface area (Å²) in [5.41, 5.74) is 0.447. The Morgan fingerprint density at radius 3 is 2.63 bits per heavy atom. The minimum absolute atomic E-state index is 0.0481. The van der Waals surface area contributed by atoms with Crippen LogP contribution >= 0.6 is 23.2 Å². The van der Waals surface area contributed by atoms with Crippen LogP contribution in [-0.4, -0.2) is 47.8 Å². The molecule has 0 saturated carbocycles. The number of morpholine rings is 1. The molecule has 0 aromatic heterocycles. The molecule has 0 spiro atoms. The molecule has 2 unspecified atom stereocenters. The van der Waals surface area contributed by atoms with Gasteiger partial charge in [0.2, 0.25) is 0 Å². The maximum Gasteiger partial charge on any atom is 0.254 e. The van der Waals surface area contributed by atoms with Crippen LogP contribution in [0.4, 0.5) is 0 Å². The maximum atomic E-state index is 12.4. The van der Waals surface area contributed by atoms with Crippen LogP contribution in [0.15, 0.2) is 18.2 Å². The minimum Gasteiger partial charge on any atom is -0.394 e. The number of hydrogen-bond donors (Lipinski definition) is 1. The van der Waals surface area contributed by atoms with Gasteiger partial charge in [0.15, 0.2) is 0 Å². The van der Waals surface area contributed by atoms with Crippen LogP contribution in [0.25, 0.3) is 0 Å². The van der Waals surface area contributed by atoms with Crippen LogP contribution in [0.2, 0.25) is 10.0 Å². The number of amides is 1. The summed E-state index contributed by atoms with van der Waals surface area (Å²) in [4.78, 5) is 14.1. The van der Waals surface area contributed by atoms with Crippen molar-refractivity contribution in [1.29, 1.82) is 0 Å². The van der Waals surface area contributed by atoms with E-state index >= 15 is 0 Å². The SMILES string of the molecule is CC1COC(CO)CN1C(=O)c1cc(Cl)cc(Cl)c1. The summed E-state index contributed by atoms with van der Waals surface area (Å²) < 4.78 is 5.41. The van der Waals surface area contributed by atoms with Crippen molar-refractivity contribution in [1.82, 2.24) is 4.90 Å². The highest BCUT2D eigenvalue weighted by Crippen LogP contribution is 2.22. The van der Waals surface area contributed by atoms with Gasteiger partial charge in [-0.15, -0.1) is 0 Å². The summed E-state index contributed by atoms with van der Waals surface area (Å²) in [7, 11) is 0. The van der Waals surface area contributed by atoms with Gasteiger partial charge in [-0.25, -0.2) is 0 Å². The first-order valence-corrected chi connectivity index (χ1v) is 6.76. The normalized spacial score (nSPS) is 23.5. The van der Waals surface area contributed by atoms with E-state index in [1.54, 1.807) is 23.1 Å². The Morgan fingerprint density at radius 1 is 1.42 bits per heavy atom. The first-order chi connectivity index (χ1) is 9.01. The van der Waals surface area contributed by atoms with Crippen molar-refractivity contribution in [2.75, 3.05) is 19.8 Å². The van der Waals surface area contributed by atoms with E-state index in [2.05, 4.69) is 0 Å². The van der Waals surface area contributed by atoms with Gasteiger partial charge in [-0.1, -0.05) is 23.2 Å². The number of carbonyl (C=O) groups excluding carboxylic acids is 1. The van der Waals surface area contributed by atoms with Crippen molar-refractivity contribution in [3.8, 4) is 0 Å². The van der Waals surface area contributed by atoms with Gasteiger partial charge in [0, 0.05) is 22.2 Å². The van der Waals surface area contributed by atoms with Crippen LogP contribution in [0, 0.1) is 0 Å². The summed E-state index contributed by atoms with van der Waals surface area (Å²) in [6.45, 7) is 2.57. The maximum absolute atomic E-state index is 12.4. The van der Waals surface area contributed by atoms with Crippen molar-refractivity contribution in [3.05, 3.63) is 33.8 Å². The second-order valence-electron chi connectivity index (χ2n) is 4.60. The Kier molecular flexibility index (Phi) is 4.68. The van der Waals surface area contributed by atoms with Crippen LogP contribution in [0.1, 0.15) is 17.3 Å². The molecule has 1 saturated heterocycles. The summed E-state index contributed by atoms with van der Waals surface area (Å²) in [6.07, 6.45) is -0.338. The van der Waals surface area contributed by atoms with Gasteiger partial charge >= 0.3 is 0 Å². The van der Waals surface area contributed by atoms with Gasteiger partial charge in [-0.2, -0.15) is 0 Å². The Hall–Kier alpha value is -0.810. The topological polar surface area (TPSA) is 49.8 Å². The highest BCUT2D eigenvalue weighted by atomic mass is 35.5. The third-order valence-corrected chi connectivity index (χ3v) is 3.52. The van der Waals surface area contributed by atoms with E-state index in [4.69, 9.17) is 33.0 Å². The number of halogens is 2. The Labute approximate surface area is 121 Å². The first kappa shape index (κ1) is 14.6. The number of benzene rings is 1. The van der Waals surface area contributed by atoms with Crippen molar-refractivity contribution in [2.24, 2.45) is 0 Å². The summed E-state index contributed by atoms with van der Waals surface area (Å²) >= 11 is 11.8. The van der Waals surface area contributed by atoms with Crippen molar-refractivity contribution in [3.63, 3.8) is 0 Å². The number of rotatable bonds is 2. The molecule has 1 aliphatic rings. The molecular formula is C13H15Cl2NO3. The fourth-order valence-corrected chi connectivity index (χ4v) is 2.58. The third-order valence-electron chi connectivity index (χ3n) is 3.08. The predicted molar refractivity (Wildman–Crippen MR) is 73.8 cm³/mol. The van der Waals surface area contributed by atoms with Gasteiger partial charge in [0.25, 0.3) is 5.91 Å². The molecule has 1 aromatic carbocycles. The zero-order valence-corrected chi connectivity index (χ0v) is 12.0.